The highest BCUT2D eigenvalue weighted by molar-refractivity contribution is 7.89. The molecule has 4 rings (SSSR count). The second-order valence-corrected chi connectivity index (χ2v) is 9.09. The highest BCUT2D eigenvalue weighted by atomic mass is 32.2. The summed E-state index contributed by atoms with van der Waals surface area (Å²) < 4.78 is 27.5. The van der Waals surface area contributed by atoms with Gasteiger partial charge >= 0.3 is 11.1 Å². The van der Waals surface area contributed by atoms with Gasteiger partial charge in [-0.25, -0.2) is 8.42 Å². The van der Waals surface area contributed by atoms with Gasteiger partial charge < -0.3 is 9.97 Å². The first-order valence-corrected chi connectivity index (χ1v) is 10.7. The molecule has 0 bridgehead atoms. The first kappa shape index (κ1) is 18.6. The van der Waals surface area contributed by atoms with Crippen molar-refractivity contribution in [2.75, 3.05) is 13.1 Å². The molecule has 1 fully saturated rings. The summed E-state index contributed by atoms with van der Waals surface area (Å²) in [7, 11) is -3.65. The predicted molar refractivity (Wildman–Crippen MR) is 107 cm³/mol. The van der Waals surface area contributed by atoms with Crippen molar-refractivity contribution in [2.45, 2.75) is 24.2 Å². The highest BCUT2D eigenvalue weighted by Gasteiger charge is 2.29. The van der Waals surface area contributed by atoms with Gasteiger partial charge in [0, 0.05) is 13.1 Å². The lowest BCUT2D eigenvalue weighted by Gasteiger charge is -2.31. The van der Waals surface area contributed by atoms with Crippen molar-refractivity contribution >= 4 is 21.1 Å². The molecule has 2 aromatic carbocycles. The molecule has 1 aliphatic heterocycles. The second kappa shape index (κ2) is 7.37. The monoisotopic (exact) mass is 399 g/mol. The zero-order valence-corrected chi connectivity index (χ0v) is 16.0. The standard InChI is InChI=1S/C20H21N3O4S/c24-19-20(25)22-18-13-16(6-7-17(18)21-19)28(26,27)23-10-8-15(9-11-23)12-14-4-2-1-3-5-14/h1-7,13,15H,8-12H2,(H,21,24)(H,22,25). The Morgan fingerprint density at radius 2 is 1.54 bits per heavy atom. The van der Waals surface area contributed by atoms with Crippen LogP contribution in [0.2, 0.25) is 0 Å². The van der Waals surface area contributed by atoms with Crippen molar-refractivity contribution < 1.29 is 8.42 Å². The van der Waals surface area contributed by atoms with Crippen molar-refractivity contribution in [1.82, 2.24) is 14.3 Å². The van der Waals surface area contributed by atoms with Gasteiger partial charge in [0.05, 0.1) is 15.9 Å². The Morgan fingerprint density at radius 1 is 0.893 bits per heavy atom. The fraction of sp³-hybridized carbons (Fsp3) is 0.300. The molecular formula is C20H21N3O4S. The fourth-order valence-corrected chi connectivity index (χ4v) is 5.20. The zero-order valence-electron chi connectivity index (χ0n) is 15.2. The van der Waals surface area contributed by atoms with Crippen molar-refractivity contribution in [2.24, 2.45) is 5.92 Å². The minimum Gasteiger partial charge on any atom is -0.316 e. The number of fused-ring (bicyclic) bond motifs is 1. The van der Waals surface area contributed by atoms with E-state index in [2.05, 4.69) is 22.1 Å². The maximum absolute atomic E-state index is 13.0. The Morgan fingerprint density at radius 3 is 2.21 bits per heavy atom. The van der Waals surface area contributed by atoms with Crippen LogP contribution in [0.15, 0.2) is 63.0 Å². The number of nitrogens with one attached hydrogen (secondary N) is 2. The third kappa shape index (κ3) is 3.65. The van der Waals surface area contributed by atoms with E-state index in [1.807, 2.05) is 18.2 Å². The van der Waals surface area contributed by atoms with Crippen molar-refractivity contribution in [3.8, 4) is 0 Å². The molecule has 1 aliphatic rings. The van der Waals surface area contributed by atoms with Gasteiger partial charge in [0.15, 0.2) is 0 Å². The molecule has 7 nitrogen and oxygen atoms in total. The smallest absolute Gasteiger partial charge is 0.314 e. The summed E-state index contributed by atoms with van der Waals surface area (Å²) in [4.78, 5) is 27.9. The summed E-state index contributed by atoms with van der Waals surface area (Å²) in [6.45, 7) is 0.944. The number of nitrogens with zero attached hydrogens (tertiary/aromatic N) is 1. The SMILES string of the molecule is O=c1[nH]c2ccc(S(=O)(=O)N3CCC(Cc4ccccc4)CC3)cc2[nH]c1=O. The van der Waals surface area contributed by atoms with Gasteiger partial charge in [-0.3, -0.25) is 9.59 Å². The van der Waals surface area contributed by atoms with Gasteiger partial charge in [-0.1, -0.05) is 30.3 Å². The highest BCUT2D eigenvalue weighted by Crippen LogP contribution is 2.27. The van der Waals surface area contributed by atoms with Crippen LogP contribution < -0.4 is 11.1 Å². The summed E-state index contributed by atoms with van der Waals surface area (Å²) in [5.41, 5.74) is 0.401. The summed E-state index contributed by atoms with van der Waals surface area (Å²) in [5.74, 6) is 0.465. The molecular weight excluding hydrogens is 378 g/mol. The Balaban J connectivity index is 1.51. The van der Waals surface area contributed by atoms with E-state index in [1.54, 1.807) is 0 Å². The van der Waals surface area contributed by atoms with E-state index in [9.17, 15) is 18.0 Å². The average molecular weight is 399 g/mol. The minimum absolute atomic E-state index is 0.115. The molecule has 1 saturated heterocycles. The first-order valence-electron chi connectivity index (χ1n) is 9.24. The molecule has 2 N–H and O–H groups in total. The Bertz CT molecular complexity index is 1210. The van der Waals surface area contributed by atoms with Crippen LogP contribution in [-0.2, 0) is 16.4 Å². The van der Waals surface area contributed by atoms with Crippen LogP contribution in [0.25, 0.3) is 11.0 Å². The van der Waals surface area contributed by atoms with Gasteiger partial charge in [0.2, 0.25) is 10.0 Å². The minimum atomic E-state index is -3.65. The number of piperidine rings is 1. The number of H-pyrrole nitrogens is 2. The zero-order chi connectivity index (χ0) is 19.7. The predicted octanol–water partition coefficient (Wildman–Crippen LogP) is 1.86. The molecule has 0 radical (unpaired) electrons. The number of rotatable bonds is 4. The van der Waals surface area contributed by atoms with E-state index in [0.717, 1.165) is 19.3 Å². The molecule has 0 unspecified atom stereocenters. The molecule has 0 saturated carbocycles. The van der Waals surface area contributed by atoms with Crippen LogP contribution in [-0.4, -0.2) is 35.8 Å². The van der Waals surface area contributed by atoms with Crippen LogP contribution in [0.4, 0.5) is 0 Å². The van der Waals surface area contributed by atoms with Crippen molar-refractivity contribution in [3.63, 3.8) is 0 Å². The van der Waals surface area contributed by atoms with Gasteiger partial charge in [-0.05, 0) is 48.9 Å². The number of aromatic nitrogens is 2. The lowest BCUT2D eigenvalue weighted by atomic mass is 9.91. The van der Waals surface area contributed by atoms with Crippen LogP contribution in [0.3, 0.4) is 0 Å². The topological polar surface area (TPSA) is 103 Å². The number of benzene rings is 2. The van der Waals surface area contributed by atoms with Gasteiger partial charge in [0.25, 0.3) is 0 Å². The summed E-state index contributed by atoms with van der Waals surface area (Å²) in [5, 5.41) is 0. The fourth-order valence-electron chi connectivity index (χ4n) is 3.70. The summed E-state index contributed by atoms with van der Waals surface area (Å²) in [6.07, 6.45) is 2.58. The summed E-state index contributed by atoms with van der Waals surface area (Å²) in [6, 6.07) is 14.6. The van der Waals surface area contributed by atoms with E-state index >= 15 is 0 Å². The maximum atomic E-state index is 13.0. The molecule has 28 heavy (non-hydrogen) atoms. The summed E-state index contributed by atoms with van der Waals surface area (Å²) >= 11 is 0. The number of hydrogen-bond acceptors (Lipinski definition) is 4. The van der Waals surface area contributed by atoms with E-state index in [1.165, 1.54) is 28.1 Å². The number of hydrogen-bond donors (Lipinski definition) is 2. The largest absolute Gasteiger partial charge is 0.316 e. The molecule has 0 atom stereocenters. The quantitative estimate of drug-likeness (QED) is 0.654. The van der Waals surface area contributed by atoms with Crippen LogP contribution in [0.5, 0.6) is 0 Å². The molecule has 0 spiro atoms. The van der Waals surface area contributed by atoms with E-state index < -0.39 is 21.1 Å². The molecule has 0 amide bonds. The molecule has 8 heteroatoms. The van der Waals surface area contributed by atoms with Gasteiger partial charge in [-0.2, -0.15) is 4.31 Å². The Hall–Kier alpha value is -2.71. The second-order valence-electron chi connectivity index (χ2n) is 7.15. The molecule has 0 aliphatic carbocycles. The molecule has 146 valence electrons. The van der Waals surface area contributed by atoms with E-state index in [0.29, 0.717) is 30.0 Å². The normalized spacial score (nSPS) is 16.4. The molecule has 3 aromatic rings. The van der Waals surface area contributed by atoms with Crippen molar-refractivity contribution in [1.29, 1.82) is 0 Å². The molecule has 1 aromatic heterocycles. The lowest BCUT2D eigenvalue weighted by molar-refractivity contribution is 0.273. The molecule has 2 heterocycles. The van der Waals surface area contributed by atoms with Crippen molar-refractivity contribution in [3.05, 3.63) is 74.8 Å². The van der Waals surface area contributed by atoms with Crippen LogP contribution in [0.1, 0.15) is 18.4 Å². The third-order valence-electron chi connectivity index (χ3n) is 5.27. The van der Waals surface area contributed by atoms with Crippen LogP contribution >= 0.6 is 0 Å². The lowest BCUT2D eigenvalue weighted by Crippen LogP contribution is -2.38. The van der Waals surface area contributed by atoms with Gasteiger partial charge in [0.1, 0.15) is 0 Å². The third-order valence-corrected chi connectivity index (χ3v) is 7.17. The van der Waals surface area contributed by atoms with E-state index in [-0.39, 0.29) is 4.90 Å². The number of aromatic amines is 2. The number of sulfonamides is 1. The van der Waals surface area contributed by atoms with E-state index in [4.69, 9.17) is 0 Å². The van der Waals surface area contributed by atoms with Crippen LogP contribution in [0, 0.1) is 5.92 Å². The Kier molecular flexibility index (Phi) is 4.91. The average Bonchev–Trinajstić information content (AvgIpc) is 2.70. The Labute approximate surface area is 162 Å². The maximum Gasteiger partial charge on any atom is 0.314 e. The first-order chi connectivity index (χ1) is 13.4. The van der Waals surface area contributed by atoms with Gasteiger partial charge in [-0.15, -0.1) is 0 Å².